The first-order valence-electron chi connectivity index (χ1n) is 20.4. The lowest BCUT2D eigenvalue weighted by Crippen LogP contribution is -2.75. The van der Waals surface area contributed by atoms with E-state index in [9.17, 15) is 47.1 Å². The summed E-state index contributed by atoms with van der Waals surface area (Å²) in [7, 11) is 58.2. The van der Waals surface area contributed by atoms with E-state index in [0.717, 1.165) is 31.0 Å². The Morgan fingerprint density at radius 3 is 1.34 bits per heavy atom. The van der Waals surface area contributed by atoms with Crippen LogP contribution in [0.2, 0.25) is 10.3 Å². The number of nitrogens with two attached hydrogens (primary N) is 3. The molecule has 7 N–H and O–H groups in total. The van der Waals surface area contributed by atoms with Gasteiger partial charge in [0.05, 0.1) is 11.4 Å². The molecule has 2 amide bonds. The lowest BCUT2D eigenvalue weighted by Gasteiger charge is -2.37. The van der Waals surface area contributed by atoms with Gasteiger partial charge in [-0.15, -0.1) is 0 Å². The Morgan fingerprint density at radius 1 is 0.592 bits per heavy atom. The summed E-state index contributed by atoms with van der Waals surface area (Å²) in [6, 6.07) is 10.7. The summed E-state index contributed by atoms with van der Waals surface area (Å²) in [5.74, 6) is -3.05. The zero-order valence-corrected chi connectivity index (χ0v) is 45.9. The molecule has 0 atom stereocenters. The van der Waals surface area contributed by atoms with Crippen molar-refractivity contribution in [3.05, 3.63) is 145 Å². The van der Waals surface area contributed by atoms with Gasteiger partial charge in [-0.2, -0.15) is 5.26 Å². The molecule has 0 aliphatic carbocycles. The second-order valence-corrected chi connectivity index (χ2v) is 18.7. The second-order valence-electron chi connectivity index (χ2n) is 15.5. The molecule has 5 rings (SSSR count). The van der Waals surface area contributed by atoms with Crippen molar-refractivity contribution < 1.29 is 18.4 Å². The van der Waals surface area contributed by atoms with Crippen LogP contribution in [0.3, 0.4) is 0 Å². The van der Waals surface area contributed by atoms with E-state index >= 15 is 0 Å². The molecule has 2 aromatic carbocycles. The van der Waals surface area contributed by atoms with Crippen LogP contribution in [0.1, 0.15) is 41.1 Å². The Bertz CT molecular complexity index is 3310. The molecule has 41 heteroatoms. The standard InChI is InChI=1S/C13H12FIN4O3.C7H8ClN3O3.C7H6ClN3O2.C6H5FIN.2CH4.B16/c1-18-11(17-8-4-3-6(15)5-7(8)14)9(10(16)20)12(21)19(2)13(18)22;1-10-4(8)3(5(9)12)6(13)11(2)7(10)14;1-10-5(8)4(3-9)6(12)11(2)7(10)13;7-5-3-4(8)1-2-6(5)9;;;1-10(2)14(9)16(13(7)8)15(11(3)4)12(5)6/h3-5,17H,1-2H3,(H2,16,20);1-2H3,(H2,9,12);1-2H3;1-3H,9H2;2*1H4;. The number of nitriles is 1. The first-order chi connectivity index (χ1) is 34.0. The van der Waals surface area contributed by atoms with Crippen molar-refractivity contribution in [3.8, 4) is 6.07 Å². The first kappa shape index (κ1) is 73.5. The predicted molar refractivity (Wildman–Crippen MR) is 334 cm³/mol. The van der Waals surface area contributed by atoms with E-state index in [0.29, 0.717) is 3.57 Å². The maximum Gasteiger partial charge on any atom is 0.332 e. The van der Waals surface area contributed by atoms with Gasteiger partial charge in [-0.05, 0) is 81.6 Å². The van der Waals surface area contributed by atoms with Gasteiger partial charge in [0.15, 0.2) is 5.56 Å². The third kappa shape index (κ3) is 18.8. The summed E-state index contributed by atoms with van der Waals surface area (Å²) < 4.78 is 33.3. The Labute approximate surface area is 489 Å². The number of benzene rings is 2. The number of rotatable bonds is 10. The molecule has 0 spiro atoms. The predicted octanol–water partition coefficient (Wildman–Crippen LogP) is -3.69. The number of nitrogens with one attached hydrogen (secondary N) is 1. The zero-order chi connectivity index (χ0) is 57.7. The third-order valence-electron chi connectivity index (χ3n) is 10.3. The molecule has 0 fully saturated rings. The van der Waals surface area contributed by atoms with E-state index < -0.39 is 102 Å². The van der Waals surface area contributed by atoms with Gasteiger partial charge in [0, 0.05) is 164 Å². The maximum atomic E-state index is 13.9. The van der Waals surface area contributed by atoms with Crippen LogP contribution in [-0.4, -0.2) is 154 Å². The van der Waals surface area contributed by atoms with Crippen molar-refractivity contribution >= 4 is 212 Å². The van der Waals surface area contributed by atoms with Crippen LogP contribution < -0.4 is 56.3 Å². The average Bonchev–Trinajstić information content (AvgIpc) is 3.31. The lowest BCUT2D eigenvalue weighted by molar-refractivity contribution is 0.0989. The zero-order valence-electron chi connectivity index (χ0n) is 40.1. The van der Waals surface area contributed by atoms with Crippen molar-refractivity contribution in [2.75, 3.05) is 11.1 Å². The Balaban J connectivity index is 0. The smallest absolute Gasteiger partial charge is 0.332 e. The van der Waals surface area contributed by atoms with Crippen LogP contribution in [0.15, 0.2) is 65.2 Å². The van der Waals surface area contributed by atoms with Gasteiger partial charge in [-0.3, -0.25) is 51.4 Å². The molecular formula is C35H39B16Cl2F2I2N11O8. The van der Waals surface area contributed by atoms with Crippen LogP contribution in [0, 0.1) is 30.1 Å². The molecular weight excluding hydrogens is 1240 g/mol. The first-order valence-corrected chi connectivity index (χ1v) is 23.4. The molecule has 0 saturated carbocycles. The monoisotopic (exact) mass is 1280 g/mol. The summed E-state index contributed by atoms with van der Waals surface area (Å²) in [4.78, 5) is 91.5. The van der Waals surface area contributed by atoms with E-state index in [4.69, 9.17) is 115 Å². The summed E-state index contributed by atoms with van der Waals surface area (Å²) >= 11 is 15.2. The fourth-order valence-corrected chi connectivity index (χ4v) is 7.52. The Kier molecular flexibility index (Phi) is 31.3. The molecule has 0 unspecified atom stereocenters. The van der Waals surface area contributed by atoms with Gasteiger partial charge in [0.25, 0.3) is 28.5 Å². The van der Waals surface area contributed by atoms with E-state index in [1.165, 1.54) is 60.5 Å². The molecule has 3 heterocycles. The number of hydrogen-bond acceptors (Lipinski definition) is 11. The van der Waals surface area contributed by atoms with Crippen LogP contribution in [0.25, 0.3) is 0 Å². The fraction of sp³-hybridized carbons (Fsp3) is 0.229. The summed E-state index contributed by atoms with van der Waals surface area (Å²) in [6.07, 6.45) is -5.02. The van der Waals surface area contributed by atoms with Crippen LogP contribution in [0.5, 0.6) is 0 Å². The summed E-state index contributed by atoms with van der Waals surface area (Å²) in [6.45, 7) is 0. The van der Waals surface area contributed by atoms with Gasteiger partial charge in [0.1, 0.15) is 45.0 Å². The lowest BCUT2D eigenvalue weighted by atomic mass is 8.44. The number of anilines is 3. The SMILES string of the molecule is C.C.Cn1c(Cl)c(C#N)c(=O)n(C)c1=O.Cn1c(Cl)c(C(N)=O)c(=O)n(C)c1=O.Cn1c(Nc2ccc(I)cc2F)c(C(N)=O)c(=O)n(C)c1=O.Nc1ccc(I)cc1F.[B]B([B])B([B])B(B([B])[B])B(B([B])[B])B([B])[B]. The average molecular weight is 1280 g/mol. The maximum absolute atomic E-state index is 13.9. The number of carbonyl (C=O) groups excluding carboxylic acids is 2. The van der Waals surface area contributed by atoms with Crippen LogP contribution in [0.4, 0.5) is 26.0 Å². The highest BCUT2D eigenvalue weighted by Crippen LogP contribution is 2.22. The van der Waals surface area contributed by atoms with E-state index in [1.807, 2.05) is 45.2 Å². The highest BCUT2D eigenvalue weighted by molar-refractivity contribution is 14.1. The molecule has 0 bridgehead atoms. The van der Waals surface area contributed by atoms with Crippen molar-refractivity contribution in [1.82, 2.24) is 27.4 Å². The number of amides is 2. The Hall–Kier alpha value is -4.55. The number of nitrogens with zero attached hydrogens (tertiary/aromatic N) is 7. The molecule has 3 aromatic heterocycles. The minimum atomic E-state index is -1.01. The Morgan fingerprint density at radius 2 is 0.974 bits per heavy atom. The van der Waals surface area contributed by atoms with Crippen LogP contribution in [-0.2, 0) is 42.3 Å². The number of nitrogen functional groups attached to an aromatic ring is 1. The van der Waals surface area contributed by atoms with Gasteiger partial charge in [-0.1, -0.05) is 38.1 Å². The molecule has 0 aliphatic heterocycles. The molecule has 18 radical (unpaired) electrons. The number of carbonyl (C=O) groups is 2. The largest absolute Gasteiger partial charge is 0.396 e. The number of hydrogen-bond donors (Lipinski definition) is 4. The van der Waals surface area contributed by atoms with Crippen molar-refractivity contribution in [3.63, 3.8) is 0 Å². The molecule has 0 aliphatic rings. The second kappa shape index (κ2) is 32.4. The molecule has 5 aromatic rings. The molecule has 76 heavy (non-hydrogen) atoms. The van der Waals surface area contributed by atoms with Gasteiger partial charge in [0.2, 0.25) is 0 Å². The minimum Gasteiger partial charge on any atom is -0.396 e. The van der Waals surface area contributed by atoms with Crippen molar-refractivity contribution in [2.24, 2.45) is 53.8 Å². The van der Waals surface area contributed by atoms with E-state index in [-0.39, 0.29) is 59.3 Å². The molecule has 0 saturated heterocycles. The summed E-state index contributed by atoms with van der Waals surface area (Å²) in [5.41, 5.74) is 10.5. The fourth-order valence-electron chi connectivity index (χ4n) is 6.17. The van der Waals surface area contributed by atoms with Gasteiger partial charge in [-0.25, -0.2) is 23.2 Å². The van der Waals surface area contributed by atoms with Gasteiger partial charge < -0.3 is 22.5 Å². The van der Waals surface area contributed by atoms with E-state index in [2.05, 4.69) is 5.32 Å². The topological polar surface area (TPSA) is 280 Å². The third-order valence-corrected chi connectivity index (χ3v) is 12.5. The highest BCUT2D eigenvalue weighted by Gasteiger charge is 2.38. The minimum absolute atomic E-state index is 0. The normalized spacial score (nSPS) is 9.62. The number of primary amides is 2. The molecule has 19 nitrogen and oxygen atoms in total. The van der Waals surface area contributed by atoms with Gasteiger partial charge >= 0.3 is 17.1 Å². The van der Waals surface area contributed by atoms with Crippen LogP contribution >= 0.6 is 68.4 Å². The van der Waals surface area contributed by atoms with Crippen molar-refractivity contribution in [2.45, 2.75) is 14.9 Å². The number of aromatic nitrogens is 6. The quantitative estimate of drug-likeness (QED) is 0.0458. The highest BCUT2D eigenvalue weighted by atomic mass is 127. The van der Waals surface area contributed by atoms with E-state index in [1.54, 1.807) is 24.3 Å². The summed E-state index contributed by atoms with van der Waals surface area (Å²) in [5, 5.41) is 10.8. The number of halogens is 6. The van der Waals surface area contributed by atoms with Crippen molar-refractivity contribution in [1.29, 1.82) is 5.26 Å². The molecule has 372 valence electrons.